The largest absolute Gasteiger partial charge is 0.465 e. The van der Waals surface area contributed by atoms with Gasteiger partial charge in [0.2, 0.25) is 0 Å². The molecule has 0 saturated heterocycles. The average molecular weight is 241 g/mol. The van der Waals surface area contributed by atoms with Gasteiger partial charge in [0.25, 0.3) is 0 Å². The van der Waals surface area contributed by atoms with Gasteiger partial charge in [-0.15, -0.1) is 0 Å². The normalized spacial score (nSPS) is 11.8. The fraction of sp³-hybridized carbons (Fsp3) is 0.0769. The lowest BCUT2D eigenvalue weighted by atomic mass is 10.1. The van der Waals surface area contributed by atoms with Crippen LogP contribution in [0.3, 0.4) is 0 Å². The van der Waals surface area contributed by atoms with Crippen molar-refractivity contribution in [2.75, 3.05) is 7.11 Å². The van der Waals surface area contributed by atoms with Crippen molar-refractivity contribution in [3.05, 3.63) is 41.6 Å². The maximum atomic E-state index is 11.4. The van der Waals surface area contributed by atoms with Gasteiger partial charge in [-0.05, 0) is 6.07 Å². The van der Waals surface area contributed by atoms with Crippen molar-refractivity contribution in [2.24, 2.45) is 5.73 Å². The van der Waals surface area contributed by atoms with Crippen LogP contribution in [0.15, 0.2) is 36.0 Å². The molecule has 0 aliphatic rings. The maximum absolute atomic E-state index is 11.4. The molecule has 18 heavy (non-hydrogen) atoms. The van der Waals surface area contributed by atoms with Crippen molar-refractivity contribution in [1.29, 1.82) is 5.26 Å². The van der Waals surface area contributed by atoms with Crippen molar-refractivity contribution in [3.8, 4) is 6.07 Å². The Balaban J connectivity index is 2.64. The van der Waals surface area contributed by atoms with Crippen LogP contribution in [0.1, 0.15) is 5.56 Å². The molecule has 0 bridgehead atoms. The minimum absolute atomic E-state index is 0.113. The molecule has 1 aromatic carbocycles. The summed E-state index contributed by atoms with van der Waals surface area (Å²) in [6, 6.07) is 9.26. The molecular weight excluding hydrogens is 230 g/mol. The highest BCUT2D eigenvalue weighted by molar-refractivity contribution is 6.04. The van der Waals surface area contributed by atoms with E-state index in [4.69, 9.17) is 11.0 Å². The van der Waals surface area contributed by atoms with Crippen LogP contribution < -0.4 is 5.73 Å². The number of esters is 1. The SMILES string of the molecule is COC(=O)/C(C#N)=C(/N)c1c[nH]c2ccccc12. The zero-order chi connectivity index (χ0) is 13.1. The highest BCUT2D eigenvalue weighted by Crippen LogP contribution is 2.24. The maximum Gasteiger partial charge on any atom is 0.350 e. The van der Waals surface area contributed by atoms with Gasteiger partial charge in [0.1, 0.15) is 6.07 Å². The van der Waals surface area contributed by atoms with Crippen molar-refractivity contribution < 1.29 is 9.53 Å². The van der Waals surface area contributed by atoms with E-state index in [0.29, 0.717) is 5.56 Å². The molecule has 0 spiro atoms. The third kappa shape index (κ3) is 1.80. The Labute approximate surface area is 103 Å². The van der Waals surface area contributed by atoms with Crippen molar-refractivity contribution >= 4 is 22.6 Å². The van der Waals surface area contributed by atoms with Gasteiger partial charge in [0.15, 0.2) is 5.57 Å². The number of benzene rings is 1. The Kier molecular flexibility index (Phi) is 3.02. The number of nitrogens with zero attached hydrogens (tertiary/aromatic N) is 1. The number of carbonyl (C=O) groups is 1. The molecule has 5 heteroatoms. The monoisotopic (exact) mass is 241 g/mol. The zero-order valence-electron chi connectivity index (χ0n) is 9.73. The smallest absolute Gasteiger partial charge is 0.350 e. The molecule has 1 heterocycles. The summed E-state index contributed by atoms with van der Waals surface area (Å²) in [5.41, 5.74) is 7.30. The number of hydrogen-bond acceptors (Lipinski definition) is 4. The molecule has 1 aromatic heterocycles. The van der Waals surface area contributed by atoms with E-state index in [-0.39, 0.29) is 11.3 Å². The predicted molar refractivity (Wildman–Crippen MR) is 67.0 cm³/mol. The van der Waals surface area contributed by atoms with Gasteiger partial charge in [-0.1, -0.05) is 18.2 Å². The van der Waals surface area contributed by atoms with Crippen molar-refractivity contribution in [3.63, 3.8) is 0 Å². The average Bonchev–Trinajstić information content (AvgIpc) is 2.82. The number of carbonyl (C=O) groups excluding carboxylic acids is 1. The number of aromatic nitrogens is 1. The van der Waals surface area contributed by atoms with E-state index in [2.05, 4.69) is 9.72 Å². The summed E-state index contributed by atoms with van der Waals surface area (Å²) in [7, 11) is 1.21. The summed E-state index contributed by atoms with van der Waals surface area (Å²) in [5.74, 6) is -0.736. The highest BCUT2D eigenvalue weighted by Gasteiger charge is 2.17. The first-order valence-electron chi connectivity index (χ1n) is 5.23. The quantitative estimate of drug-likeness (QED) is 0.474. The first-order chi connectivity index (χ1) is 8.69. The Hall–Kier alpha value is -2.74. The number of methoxy groups -OCH3 is 1. The molecule has 0 aliphatic carbocycles. The van der Waals surface area contributed by atoms with Crippen LogP contribution >= 0.6 is 0 Å². The summed E-state index contributed by atoms with van der Waals surface area (Å²) >= 11 is 0. The first kappa shape index (κ1) is 11.7. The number of rotatable bonds is 2. The molecule has 2 aromatic rings. The third-order valence-electron chi connectivity index (χ3n) is 2.65. The van der Waals surface area contributed by atoms with Crippen LogP contribution in [0.5, 0.6) is 0 Å². The second kappa shape index (κ2) is 4.63. The lowest BCUT2D eigenvalue weighted by molar-refractivity contribution is -0.135. The minimum Gasteiger partial charge on any atom is -0.465 e. The number of nitrogens with two attached hydrogens (primary N) is 1. The molecule has 0 amide bonds. The summed E-state index contributed by atoms with van der Waals surface area (Å²) in [6.07, 6.45) is 1.67. The summed E-state index contributed by atoms with van der Waals surface area (Å²) in [5, 5.41) is 9.82. The minimum atomic E-state index is -0.736. The van der Waals surface area contributed by atoms with Crippen LogP contribution in [0.25, 0.3) is 16.6 Å². The molecule has 5 nitrogen and oxygen atoms in total. The van der Waals surface area contributed by atoms with Crippen LogP contribution in [-0.4, -0.2) is 18.1 Å². The van der Waals surface area contributed by atoms with Gasteiger partial charge in [-0.3, -0.25) is 0 Å². The number of nitrogens with one attached hydrogen (secondary N) is 1. The Morgan fingerprint density at radius 3 is 2.83 bits per heavy atom. The molecule has 0 unspecified atom stereocenters. The van der Waals surface area contributed by atoms with Gasteiger partial charge in [-0.25, -0.2) is 4.79 Å². The molecule has 0 saturated carbocycles. The number of ether oxygens (including phenoxy) is 1. The Morgan fingerprint density at radius 2 is 2.17 bits per heavy atom. The van der Waals surface area contributed by atoms with Gasteiger partial charge < -0.3 is 15.5 Å². The molecule has 90 valence electrons. The van der Waals surface area contributed by atoms with Crippen molar-refractivity contribution in [2.45, 2.75) is 0 Å². The van der Waals surface area contributed by atoms with Gasteiger partial charge in [-0.2, -0.15) is 5.26 Å². The Bertz CT molecular complexity index is 677. The summed E-state index contributed by atoms with van der Waals surface area (Å²) in [4.78, 5) is 14.5. The molecule has 0 aliphatic heterocycles. The molecule has 0 atom stereocenters. The molecule has 0 radical (unpaired) electrons. The van der Waals surface area contributed by atoms with Crippen LogP contribution in [-0.2, 0) is 9.53 Å². The second-order valence-electron chi connectivity index (χ2n) is 3.64. The number of para-hydroxylation sites is 1. The third-order valence-corrected chi connectivity index (χ3v) is 2.65. The van der Waals surface area contributed by atoms with E-state index < -0.39 is 5.97 Å². The number of hydrogen-bond donors (Lipinski definition) is 2. The molecule has 3 N–H and O–H groups in total. The van der Waals surface area contributed by atoms with Crippen LogP contribution in [0, 0.1) is 11.3 Å². The van der Waals surface area contributed by atoms with Crippen molar-refractivity contribution in [1.82, 2.24) is 4.98 Å². The van der Waals surface area contributed by atoms with Gasteiger partial charge in [0.05, 0.1) is 12.8 Å². The fourth-order valence-corrected chi connectivity index (χ4v) is 1.75. The second-order valence-corrected chi connectivity index (χ2v) is 3.64. The van der Waals surface area contributed by atoms with E-state index in [1.165, 1.54) is 7.11 Å². The van der Waals surface area contributed by atoms with Gasteiger partial charge >= 0.3 is 5.97 Å². The van der Waals surface area contributed by atoms with E-state index in [0.717, 1.165) is 10.9 Å². The summed E-state index contributed by atoms with van der Waals surface area (Å²) in [6.45, 7) is 0. The Morgan fingerprint density at radius 1 is 1.44 bits per heavy atom. The van der Waals surface area contributed by atoms with Crippen LogP contribution in [0.2, 0.25) is 0 Å². The first-order valence-corrected chi connectivity index (χ1v) is 5.23. The van der Waals surface area contributed by atoms with E-state index in [1.807, 2.05) is 24.3 Å². The predicted octanol–water partition coefficient (Wildman–Crippen LogP) is 1.53. The molecule has 0 fully saturated rings. The topological polar surface area (TPSA) is 91.9 Å². The van der Waals surface area contributed by atoms with E-state index in [9.17, 15) is 4.79 Å². The number of nitriles is 1. The van der Waals surface area contributed by atoms with E-state index in [1.54, 1.807) is 12.3 Å². The highest BCUT2D eigenvalue weighted by atomic mass is 16.5. The molecular formula is C13H11N3O2. The number of aromatic amines is 1. The lowest BCUT2D eigenvalue weighted by Gasteiger charge is -2.03. The van der Waals surface area contributed by atoms with Crippen LogP contribution in [0.4, 0.5) is 0 Å². The molecule has 2 rings (SSSR count). The van der Waals surface area contributed by atoms with Gasteiger partial charge in [0, 0.05) is 22.7 Å². The number of H-pyrrole nitrogens is 1. The summed E-state index contributed by atoms with van der Waals surface area (Å²) < 4.78 is 4.52. The standard InChI is InChI=1S/C13H11N3O2/c1-18-13(17)9(6-14)12(15)10-7-16-11-5-3-2-4-8(10)11/h2-5,7,16H,15H2,1H3/b12-9+. The zero-order valence-corrected chi connectivity index (χ0v) is 9.73. The number of fused-ring (bicyclic) bond motifs is 1. The lowest BCUT2D eigenvalue weighted by Crippen LogP contribution is -2.10. The fourth-order valence-electron chi connectivity index (χ4n) is 1.75. The van der Waals surface area contributed by atoms with E-state index >= 15 is 0 Å².